The number of rotatable bonds is 5. The second-order valence-corrected chi connectivity index (χ2v) is 6.37. The minimum Gasteiger partial charge on any atom is -0.496 e. The van der Waals surface area contributed by atoms with Crippen molar-refractivity contribution in [1.29, 1.82) is 0 Å². The van der Waals surface area contributed by atoms with Crippen LogP contribution in [-0.2, 0) is 11.3 Å². The Morgan fingerprint density at radius 1 is 1.29 bits per heavy atom. The number of hydrogen-bond acceptors (Lipinski definition) is 7. The molecule has 3 aromatic rings. The first-order valence-electron chi connectivity index (χ1n) is 6.90. The molecule has 0 radical (unpaired) electrons. The molecule has 0 fully saturated rings. The summed E-state index contributed by atoms with van der Waals surface area (Å²) in [6, 6.07) is 7.21. The second kappa shape index (κ2) is 7.50. The van der Waals surface area contributed by atoms with Crippen LogP contribution >= 0.6 is 27.3 Å². The van der Waals surface area contributed by atoms with Gasteiger partial charge in [0.15, 0.2) is 16.5 Å². The number of thiazole rings is 1. The first-order valence-corrected chi connectivity index (χ1v) is 8.57. The third-order valence-corrected chi connectivity index (χ3v) is 4.51. The highest BCUT2D eigenvalue weighted by atomic mass is 79.9. The zero-order valence-corrected chi connectivity index (χ0v) is 15.0. The Labute approximate surface area is 150 Å². The number of methoxy groups -OCH3 is 1. The van der Waals surface area contributed by atoms with Crippen molar-refractivity contribution < 1.29 is 14.3 Å². The molecule has 0 unspecified atom stereocenters. The number of carbonyl (C=O) groups excluding carboxylic acids is 1. The van der Waals surface area contributed by atoms with Crippen LogP contribution in [0.15, 0.2) is 46.5 Å². The van der Waals surface area contributed by atoms with Gasteiger partial charge in [-0.15, -0.1) is 11.3 Å². The van der Waals surface area contributed by atoms with Crippen LogP contribution in [0.2, 0.25) is 0 Å². The minimum atomic E-state index is -0.486. The largest absolute Gasteiger partial charge is 0.496 e. The standard InChI is InChI=1S/C16H12BrN3O3S/c1-22-13-4-3-10(7-11(13)17)8-23-16(21)12-9-24-15(20-12)14-18-5-2-6-19-14/h2-7,9H,8H2,1H3. The van der Waals surface area contributed by atoms with Gasteiger partial charge in [0.2, 0.25) is 0 Å². The molecule has 8 heteroatoms. The van der Waals surface area contributed by atoms with Crippen molar-refractivity contribution in [2.24, 2.45) is 0 Å². The van der Waals surface area contributed by atoms with E-state index in [0.717, 1.165) is 15.8 Å². The van der Waals surface area contributed by atoms with E-state index in [2.05, 4.69) is 30.9 Å². The number of halogens is 1. The highest BCUT2D eigenvalue weighted by Gasteiger charge is 2.15. The Kier molecular flexibility index (Phi) is 5.17. The predicted octanol–water partition coefficient (Wildman–Crippen LogP) is 3.73. The van der Waals surface area contributed by atoms with Gasteiger partial charge in [-0.2, -0.15) is 0 Å². The summed E-state index contributed by atoms with van der Waals surface area (Å²) in [5.74, 6) is 0.720. The fourth-order valence-electron chi connectivity index (χ4n) is 1.90. The summed E-state index contributed by atoms with van der Waals surface area (Å²) < 4.78 is 11.3. The number of hydrogen-bond donors (Lipinski definition) is 0. The van der Waals surface area contributed by atoms with E-state index in [1.54, 1.807) is 37.0 Å². The average molecular weight is 406 g/mol. The number of esters is 1. The molecule has 0 bridgehead atoms. The molecule has 0 aliphatic rings. The summed E-state index contributed by atoms with van der Waals surface area (Å²) in [4.78, 5) is 24.6. The van der Waals surface area contributed by atoms with E-state index in [4.69, 9.17) is 9.47 Å². The average Bonchev–Trinajstić information content (AvgIpc) is 3.11. The van der Waals surface area contributed by atoms with E-state index >= 15 is 0 Å². The monoisotopic (exact) mass is 405 g/mol. The molecule has 2 aromatic heterocycles. The van der Waals surface area contributed by atoms with Crippen molar-refractivity contribution in [3.63, 3.8) is 0 Å². The van der Waals surface area contributed by atoms with E-state index in [-0.39, 0.29) is 12.3 Å². The number of benzene rings is 1. The maximum absolute atomic E-state index is 12.1. The molecule has 0 saturated heterocycles. The van der Waals surface area contributed by atoms with Crippen molar-refractivity contribution in [2.75, 3.05) is 7.11 Å². The van der Waals surface area contributed by atoms with E-state index in [1.807, 2.05) is 12.1 Å². The lowest BCUT2D eigenvalue weighted by atomic mass is 10.2. The molecule has 0 atom stereocenters. The fraction of sp³-hybridized carbons (Fsp3) is 0.125. The SMILES string of the molecule is COc1ccc(COC(=O)c2csc(-c3ncccn3)n2)cc1Br. The van der Waals surface area contributed by atoms with E-state index < -0.39 is 5.97 Å². The molecule has 0 spiro atoms. The Bertz CT molecular complexity index is 855. The van der Waals surface area contributed by atoms with E-state index in [9.17, 15) is 4.79 Å². The third-order valence-electron chi connectivity index (χ3n) is 3.06. The Balaban J connectivity index is 1.65. The first kappa shape index (κ1) is 16.5. The smallest absolute Gasteiger partial charge is 0.358 e. The van der Waals surface area contributed by atoms with Crippen LogP contribution in [0, 0.1) is 0 Å². The van der Waals surface area contributed by atoms with Gasteiger partial charge in [0.1, 0.15) is 12.4 Å². The van der Waals surface area contributed by atoms with Crippen molar-refractivity contribution in [2.45, 2.75) is 6.61 Å². The van der Waals surface area contributed by atoms with Crippen LogP contribution in [0.25, 0.3) is 10.8 Å². The van der Waals surface area contributed by atoms with Gasteiger partial charge in [0.25, 0.3) is 0 Å². The van der Waals surface area contributed by atoms with Crippen LogP contribution in [0.4, 0.5) is 0 Å². The van der Waals surface area contributed by atoms with Gasteiger partial charge in [-0.1, -0.05) is 6.07 Å². The quantitative estimate of drug-likeness (QED) is 0.602. The predicted molar refractivity (Wildman–Crippen MR) is 93.0 cm³/mol. The normalized spacial score (nSPS) is 10.4. The topological polar surface area (TPSA) is 74.2 Å². The highest BCUT2D eigenvalue weighted by Crippen LogP contribution is 2.26. The highest BCUT2D eigenvalue weighted by molar-refractivity contribution is 9.10. The number of aromatic nitrogens is 3. The summed E-state index contributed by atoms with van der Waals surface area (Å²) in [6.45, 7) is 0.149. The fourth-order valence-corrected chi connectivity index (χ4v) is 3.22. The molecule has 0 saturated carbocycles. The molecule has 0 amide bonds. The molecule has 3 rings (SSSR count). The number of ether oxygens (including phenoxy) is 2. The van der Waals surface area contributed by atoms with Crippen LogP contribution < -0.4 is 4.74 Å². The molecule has 6 nitrogen and oxygen atoms in total. The van der Waals surface area contributed by atoms with E-state index in [1.165, 1.54) is 11.3 Å². The van der Waals surface area contributed by atoms with Gasteiger partial charge in [0, 0.05) is 17.8 Å². The summed E-state index contributed by atoms with van der Waals surface area (Å²) in [7, 11) is 1.59. The summed E-state index contributed by atoms with van der Waals surface area (Å²) in [5.41, 5.74) is 1.09. The lowest BCUT2D eigenvalue weighted by Crippen LogP contribution is -2.06. The maximum atomic E-state index is 12.1. The van der Waals surface area contributed by atoms with Gasteiger partial charge in [-0.3, -0.25) is 0 Å². The van der Waals surface area contributed by atoms with E-state index in [0.29, 0.717) is 10.8 Å². The second-order valence-electron chi connectivity index (χ2n) is 4.66. The molecule has 24 heavy (non-hydrogen) atoms. The van der Waals surface area contributed by atoms with Crippen molar-refractivity contribution in [1.82, 2.24) is 15.0 Å². The maximum Gasteiger partial charge on any atom is 0.358 e. The van der Waals surface area contributed by atoms with Gasteiger partial charge in [-0.05, 0) is 39.7 Å². The van der Waals surface area contributed by atoms with Crippen molar-refractivity contribution >= 4 is 33.2 Å². The Morgan fingerprint density at radius 3 is 2.79 bits per heavy atom. The van der Waals surface area contributed by atoms with Gasteiger partial charge in [-0.25, -0.2) is 19.7 Å². The van der Waals surface area contributed by atoms with Crippen LogP contribution in [0.5, 0.6) is 5.75 Å². The molecule has 0 N–H and O–H groups in total. The van der Waals surface area contributed by atoms with Gasteiger partial charge < -0.3 is 9.47 Å². The minimum absolute atomic E-state index is 0.149. The molecule has 2 heterocycles. The molecule has 122 valence electrons. The van der Waals surface area contributed by atoms with Crippen LogP contribution in [0.1, 0.15) is 16.1 Å². The summed E-state index contributed by atoms with van der Waals surface area (Å²) in [6.07, 6.45) is 3.26. The zero-order valence-electron chi connectivity index (χ0n) is 12.6. The lowest BCUT2D eigenvalue weighted by molar-refractivity contribution is 0.0466. The number of carbonyl (C=O) groups is 1. The van der Waals surface area contributed by atoms with Crippen molar-refractivity contribution in [3.8, 4) is 16.6 Å². The Hall–Kier alpha value is -2.32. The Morgan fingerprint density at radius 2 is 2.08 bits per heavy atom. The molecular formula is C16H12BrN3O3S. The molecule has 0 aliphatic carbocycles. The molecular weight excluding hydrogens is 394 g/mol. The van der Waals surface area contributed by atoms with Crippen LogP contribution in [0.3, 0.4) is 0 Å². The van der Waals surface area contributed by atoms with Gasteiger partial charge >= 0.3 is 5.97 Å². The molecule has 0 aliphatic heterocycles. The summed E-state index contributed by atoms with van der Waals surface area (Å²) in [5, 5.41) is 2.22. The third kappa shape index (κ3) is 3.77. The van der Waals surface area contributed by atoms with Gasteiger partial charge in [0.05, 0.1) is 11.6 Å². The number of nitrogens with zero attached hydrogens (tertiary/aromatic N) is 3. The first-order chi connectivity index (χ1) is 11.7. The lowest BCUT2D eigenvalue weighted by Gasteiger charge is -2.06. The summed E-state index contributed by atoms with van der Waals surface area (Å²) >= 11 is 4.70. The molecule has 1 aromatic carbocycles. The van der Waals surface area contributed by atoms with Crippen molar-refractivity contribution in [3.05, 3.63) is 57.8 Å². The van der Waals surface area contributed by atoms with Crippen LogP contribution in [-0.4, -0.2) is 28.0 Å². The zero-order chi connectivity index (χ0) is 16.9.